The van der Waals surface area contributed by atoms with E-state index in [0.717, 1.165) is 0 Å². The monoisotopic (exact) mass is 216 g/mol. The van der Waals surface area contributed by atoms with E-state index in [-0.39, 0.29) is 0 Å². The Balaban J connectivity index is 1.73. The highest BCUT2D eigenvalue weighted by Gasteiger charge is 2.34. The van der Waals surface area contributed by atoms with Gasteiger partial charge in [0.05, 0.1) is 0 Å². The maximum atomic E-state index is 3.79. The Hall–Kier alpha value is -0.860. The summed E-state index contributed by atoms with van der Waals surface area (Å²) in [5.41, 5.74) is 1.44. The van der Waals surface area contributed by atoms with Crippen molar-refractivity contribution in [1.82, 2.24) is 10.6 Å². The van der Waals surface area contributed by atoms with Crippen molar-refractivity contribution in [1.29, 1.82) is 0 Å². The molecule has 1 aromatic rings. The van der Waals surface area contributed by atoms with E-state index < -0.39 is 0 Å². The summed E-state index contributed by atoms with van der Waals surface area (Å²) in [6.07, 6.45) is 5.28. The van der Waals surface area contributed by atoms with Gasteiger partial charge in [-0.1, -0.05) is 36.8 Å². The molecule has 0 saturated carbocycles. The van der Waals surface area contributed by atoms with Gasteiger partial charge in [-0.25, -0.2) is 0 Å². The number of benzene rings is 1. The minimum atomic E-state index is 0.557. The van der Waals surface area contributed by atoms with E-state index in [1.54, 1.807) is 0 Å². The lowest BCUT2D eigenvalue weighted by Crippen LogP contribution is -2.38. The summed E-state index contributed by atoms with van der Waals surface area (Å²) in [5, 5.41) is 7.47. The van der Waals surface area contributed by atoms with Gasteiger partial charge in [-0.2, -0.15) is 0 Å². The van der Waals surface area contributed by atoms with Crippen molar-refractivity contribution >= 4 is 0 Å². The van der Waals surface area contributed by atoms with Crippen LogP contribution in [0.2, 0.25) is 0 Å². The molecule has 16 heavy (non-hydrogen) atoms. The van der Waals surface area contributed by atoms with Crippen LogP contribution in [0.4, 0.5) is 0 Å². The van der Waals surface area contributed by atoms with Crippen LogP contribution in [0.5, 0.6) is 0 Å². The average molecular weight is 216 g/mol. The zero-order valence-corrected chi connectivity index (χ0v) is 9.65. The Morgan fingerprint density at radius 3 is 2.75 bits per heavy atom. The maximum Gasteiger partial charge on any atom is 0.0338 e. The highest BCUT2D eigenvalue weighted by Crippen LogP contribution is 2.29. The highest BCUT2D eigenvalue weighted by atomic mass is 15.1. The van der Waals surface area contributed by atoms with Gasteiger partial charge in [0.25, 0.3) is 0 Å². The first-order chi connectivity index (χ1) is 7.93. The molecule has 2 aliphatic heterocycles. The molecule has 2 aliphatic rings. The molecule has 86 valence electrons. The van der Waals surface area contributed by atoms with E-state index in [1.165, 1.54) is 37.8 Å². The molecule has 2 fully saturated rings. The molecule has 3 atom stereocenters. The van der Waals surface area contributed by atoms with Crippen LogP contribution < -0.4 is 10.6 Å². The largest absolute Gasteiger partial charge is 0.312 e. The Kier molecular flexibility index (Phi) is 2.94. The molecule has 0 unspecified atom stereocenters. The molecule has 3 rings (SSSR count). The molecule has 2 nitrogen and oxygen atoms in total. The third kappa shape index (κ3) is 2.00. The van der Waals surface area contributed by atoms with Gasteiger partial charge in [0.2, 0.25) is 0 Å². The molecule has 0 aliphatic carbocycles. The van der Waals surface area contributed by atoms with Crippen molar-refractivity contribution in [3.05, 3.63) is 35.9 Å². The van der Waals surface area contributed by atoms with Crippen molar-refractivity contribution in [2.75, 3.05) is 6.54 Å². The van der Waals surface area contributed by atoms with Crippen LogP contribution >= 0.6 is 0 Å². The quantitative estimate of drug-likeness (QED) is 0.752. The fourth-order valence-corrected chi connectivity index (χ4v) is 3.07. The average Bonchev–Trinajstić information content (AvgIpc) is 2.62. The summed E-state index contributed by atoms with van der Waals surface area (Å²) in [6, 6.07) is 12.8. The lowest BCUT2D eigenvalue weighted by Gasteiger charge is -2.16. The summed E-state index contributed by atoms with van der Waals surface area (Å²) >= 11 is 0. The van der Waals surface area contributed by atoms with Crippen LogP contribution in [0.1, 0.15) is 37.3 Å². The predicted octanol–water partition coefficient (Wildman–Crippen LogP) is 2.23. The molecule has 0 aromatic heterocycles. The van der Waals surface area contributed by atoms with Gasteiger partial charge < -0.3 is 10.6 Å². The van der Waals surface area contributed by atoms with Crippen molar-refractivity contribution in [2.24, 2.45) is 0 Å². The third-order valence-corrected chi connectivity index (χ3v) is 3.94. The summed E-state index contributed by atoms with van der Waals surface area (Å²) in [6.45, 7) is 1.20. The number of fused-ring (bicyclic) bond motifs is 1. The standard InChI is InChI=1S/C14H20N2/c1-2-6-11(7-3-1)13-10-14-12(16-13)8-4-5-9-15-14/h1-3,6-7,12-16H,4-5,8-10H2/t12-,13-,14+/m0/s1. The van der Waals surface area contributed by atoms with E-state index in [1.807, 2.05) is 0 Å². The van der Waals surface area contributed by atoms with Crippen LogP contribution in [0.25, 0.3) is 0 Å². The van der Waals surface area contributed by atoms with Gasteiger partial charge >= 0.3 is 0 Å². The van der Waals surface area contributed by atoms with E-state index >= 15 is 0 Å². The molecule has 2 heteroatoms. The van der Waals surface area contributed by atoms with Crippen LogP contribution in [0, 0.1) is 0 Å². The fourth-order valence-electron chi connectivity index (χ4n) is 3.07. The molecular weight excluding hydrogens is 196 g/mol. The Morgan fingerprint density at radius 2 is 1.88 bits per heavy atom. The van der Waals surface area contributed by atoms with Crippen molar-refractivity contribution in [3.63, 3.8) is 0 Å². The van der Waals surface area contributed by atoms with Gasteiger partial charge in [0, 0.05) is 18.1 Å². The zero-order valence-electron chi connectivity index (χ0n) is 9.65. The molecule has 0 radical (unpaired) electrons. The molecule has 2 N–H and O–H groups in total. The molecule has 0 spiro atoms. The van der Waals surface area contributed by atoms with Crippen LogP contribution in [-0.4, -0.2) is 18.6 Å². The first-order valence-electron chi connectivity index (χ1n) is 6.48. The fraction of sp³-hybridized carbons (Fsp3) is 0.571. The normalized spacial score (nSPS) is 34.4. The Bertz CT molecular complexity index is 322. The van der Waals surface area contributed by atoms with E-state index in [9.17, 15) is 0 Å². The number of nitrogens with one attached hydrogen (secondary N) is 2. The second-order valence-electron chi connectivity index (χ2n) is 5.03. The third-order valence-electron chi connectivity index (χ3n) is 3.94. The molecule has 0 bridgehead atoms. The van der Waals surface area contributed by atoms with E-state index in [0.29, 0.717) is 18.1 Å². The highest BCUT2D eigenvalue weighted by molar-refractivity contribution is 5.21. The van der Waals surface area contributed by atoms with Gasteiger partial charge in [0.15, 0.2) is 0 Å². The Labute approximate surface area is 97.4 Å². The summed E-state index contributed by atoms with van der Waals surface area (Å²) in [7, 11) is 0. The second kappa shape index (κ2) is 4.56. The smallest absolute Gasteiger partial charge is 0.0338 e. The van der Waals surface area contributed by atoms with Crippen LogP contribution in [-0.2, 0) is 0 Å². The van der Waals surface area contributed by atoms with Gasteiger partial charge in [0.1, 0.15) is 0 Å². The van der Waals surface area contributed by atoms with Crippen LogP contribution in [0.15, 0.2) is 30.3 Å². The molecule has 2 heterocycles. The zero-order chi connectivity index (χ0) is 10.8. The van der Waals surface area contributed by atoms with E-state index in [4.69, 9.17) is 0 Å². The topological polar surface area (TPSA) is 24.1 Å². The second-order valence-corrected chi connectivity index (χ2v) is 5.03. The van der Waals surface area contributed by atoms with E-state index in [2.05, 4.69) is 41.0 Å². The minimum Gasteiger partial charge on any atom is -0.312 e. The van der Waals surface area contributed by atoms with Crippen molar-refractivity contribution < 1.29 is 0 Å². The Morgan fingerprint density at radius 1 is 1.00 bits per heavy atom. The first-order valence-corrected chi connectivity index (χ1v) is 6.48. The lowest BCUT2D eigenvalue weighted by atomic mass is 10.0. The SMILES string of the molecule is c1ccc([C@@H]2C[C@H]3NCCCC[C@@H]3N2)cc1. The first kappa shape index (κ1) is 10.3. The van der Waals surface area contributed by atoms with Gasteiger partial charge in [-0.05, 0) is 31.4 Å². The number of hydrogen-bond donors (Lipinski definition) is 2. The summed E-state index contributed by atoms with van der Waals surface area (Å²) in [5.74, 6) is 0. The van der Waals surface area contributed by atoms with Crippen molar-refractivity contribution in [2.45, 2.75) is 43.8 Å². The molecule has 0 amide bonds. The number of hydrogen-bond acceptors (Lipinski definition) is 2. The maximum absolute atomic E-state index is 3.79. The minimum absolute atomic E-state index is 0.557. The summed E-state index contributed by atoms with van der Waals surface area (Å²) in [4.78, 5) is 0. The van der Waals surface area contributed by atoms with Gasteiger partial charge in [-0.3, -0.25) is 0 Å². The van der Waals surface area contributed by atoms with Crippen LogP contribution in [0.3, 0.4) is 0 Å². The van der Waals surface area contributed by atoms with Crippen molar-refractivity contribution in [3.8, 4) is 0 Å². The molecule has 2 saturated heterocycles. The van der Waals surface area contributed by atoms with Gasteiger partial charge in [-0.15, -0.1) is 0 Å². The summed E-state index contributed by atoms with van der Waals surface area (Å²) < 4.78 is 0. The number of rotatable bonds is 1. The lowest BCUT2D eigenvalue weighted by molar-refractivity contribution is 0.467. The molecular formula is C14H20N2. The molecule has 1 aromatic carbocycles. The predicted molar refractivity (Wildman–Crippen MR) is 66.4 cm³/mol.